The summed E-state index contributed by atoms with van der Waals surface area (Å²) in [4.78, 5) is 13.5. The van der Waals surface area contributed by atoms with Gasteiger partial charge in [-0.3, -0.25) is 4.98 Å². The molecule has 0 radical (unpaired) electrons. The van der Waals surface area contributed by atoms with Gasteiger partial charge in [-0.05, 0) is 55.7 Å². The van der Waals surface area contributed by atoms with Gasteiger partial charge >= 0.3 is 0 Å². The van der Waals surface area contributed by atoms with E-state index in [1.54, 1.807) is 6.33 Å². The number of nitrogens with zero attached hydrogens (tertiary/aromatic N) is 6. The Labute approximate surface area is 215 Å². The van der Waals surface area contributed by atoms with Gasteiger partial charge in [0, 0.05) is 35.1 Å². The van der Waals surface area contributed by atoms with Gasteiger partial charge in [0.2, 0.25) is 0 Å². The number of aromatic nitrogens is 6. The fraction of sp³-hybridized carbons (Fsp3) is 0.444. The third kappa shape index (κ3) is 4.07. The minimum atomic E-state index is -0.232. The predicted octanol–water partition coefficient (Wildman–Crippen LogP) is 5.75. The molecule has 7 rings (SSSR count). The van der Waals surface area contributed by atoms with Crippen LogP contribution in [0.2, 0.25) is 5.02 Å². The molecule has 36 heavy (non-hydrogen) atoms. The second-order valence-corrected chi connectivity index (χ2v) is 11.9. The normalized spacial score (nSPS) is 21.5. The van der Waals surface area contributed by atoms with Crippen LogP contribution in [0.5, 0.6) is 0 Å². The summed E-state index contributed by atoms with van der Waals surface area (Å²) in [6.45, 7) is 9.35. The van der Waals surface area contributed by atoms with E-state index in [-0.39, 0.29) is 17.0 Å². The number of hydrogen-bond acceptors (Lipinski definition) is 7. The predicted molar refractivity (Wildman–Crippen MR) is 142 cm³/mol. The lowest BCUT2D eigenvalue weighted by Crippen LogP contribution is -2.59. The second-order valence-electron chi connectivity index (χ2n) is 11.5. The summed E-state index contributed by atoms with van der Waals surface area (Å²) in [5.74, 6) is 1.64. The van der Waals surface area contributed by atoms with Crippen LogP contribution in [0.4, 0.5) is 11.5 Å². The van der Waals surface area contributed by atoms with Crippen molar-refractivity contribution in [2.75, 3.05) is 17.2 Å². The van der Waals surface area contributed by atoms with E-state index in [0.29, 0.717) is 5.02 Å². The van der Waals surface area contributed by atoms with Crippen molar-refractivity contribution in [1.82, 2.24) is 29.9 Å². The fourth-order valence-corrected chi connectivity index (χ4v) is 5.60. The molecule has 4 aromatic rings. The van der Waals surface area contributed by atoms with E-state index >= 15 is 0 Å². The Balaban J connectivity index is 1.38. The lowest BCUT2D eigenvalue weighted by molar-refractivity contribution is -0.0989. The molecule has 3 saturated carbocycles. The Hall–Kier alpha value is -3.26. The van der Waals surface area contributed by atoms with E-state index in [4.69, 9.17) is 11.6 Å². The summed E-state index contributed by atoms with van der Waals surface area (Å²) >= 11 is 6.72. The molecule has 1 atom stereocenters. The highest BCUT2D eigenvalue weighted by atomic mass is 35.5. The van der Waals surface area contributed by atoms with Gasteiger partial charge in [-0.1, -0.05) is 43.7 Å². The largest absolute Gasteiger partial charge is 0.373 e. The van der Waals surface area contributed by atoms with Crippen molar-refractivity contribution in [3.05, 3.63) is 65.0 Å². The summed E-state index contributed by atoms with van der Waals surface area (Å²) in [5, 5.41) is 17.7. The van der Waals surface area contributed by atoms with Crippen LogP contribution in [0.15, 0.2) is 43.0 Å². The van der Waals surface area contributed by atoms with Crippen LogP contribution in [-0.4, -0.2) is 36.5 Å². The Bertz CT molecular complexity index is 1420. The van der Waals surface area contributed by atoms with Gasteiger partial charge in [-0.25, -0.2) is 14.6 Å². The maximum Gasteiger partial charge on any atom is 0.137 e. The maximum atomic E-state index is 6.72. The number of fused-ring (bicyclic) bond motifs is 1. The molecule has 2 N–H and O–H groups in total. The molecule has 8 nitrogen and oxygen atoms in total. The molecule has 0 amide bonds. The van der Waals surface area contributed by atoms with Gasteiger partial charge in [0.15, 0.2) is 0 Å². The first-order valence-electron chi connectivity index (χ1n) is 12.5. The molecular formula is C27H31ClN8. The van der Waals surface area contributed by atoms with Crippen molar-refractivity contribution >= 4 is 34.0 Å². The number of pyridine rings is 1. The zero-order valence-corrected chi connectivity index (χ0v) is 21.8. The van der Waals surface area contributed by atoms with E-state index in [9.17, 15) is 0 Å². The van der Waals surface area contributed by atoms with Gasteiger partial charge in [0.05, 0.1) is 28.3 Å². The molecule has 1 unspecified atom stereocenters. The number of hydrogen-bond donors (Lipinski definition) is 2. The van der Waals surface area contributed by atoms with Crippen LogP contribution in [0.25, 0.3) is 10.9 Å². The van der Waals surface area contributed by atoms with Crippen LogP contribution in [0.1, 0.15) is 63.0 Å². The van der Waals surface area contributed by atoms with Crippen molar-refractivity contribution in [2.45, 2.75) is 58.5 Å². The molecule has 9 heteroatoms. The Morgan fingerprint density at radius 1 is 1.17 bits per heavy atom. The summed E-state index contributed by atoms with van der Waals surface area (Å²) in [5.41, 5.74) is 4.72. The molecule has 3 aromatic heterocycles. The van der Waals surface area contributed by atoms with Crippen LogP contribution < -0.4 is 10.6 Å². The van der Waals surface area contributed by atoms with Crippen LogP contribution in [-0.2, 0) is 5.54 Å². The maximum absolute atomic E-state index is 6.72. The van der Waals surface area contributed by atoms with Gasteiger partial charge in [0.25, 0.3) is 0 Å². The monoisotopic (exact) mass is 502 g/mol. The van der Waals surface area contributed by atoms with Crippen LogP contribution in [0, 0.1) is 18.3 Å². The smallest absolute Gasteiger partial charge is 0.137 e. The number of aryl methyl sites for hydroxylation is 1. The van der Waals surface area contributed by atoms with Crippen molar-refractivity contribution in [3.8, 4) is 0 Å². The molecule has 3 fully saturated rings. The van der Waals surface area contributed by atoms with Crippen LogP contribution in [0.3, 0.4) is 0 Å². The third-order valence-electron chi connectivity index (χ3n) is 7.45. The molecule has 2 bridgehead atoms. The van der Waals surface area contributed by atoms with Gasteiger partial charge in [0.1, 0.15) is 17.8 Å². The SMILES string of the molecule is Cc1ncccc1C(Nc1cc(Cl)c2ncnc(NCC(C)(C)C)c2c1)c1cn(C23CC(C2)C3)nn1. The highest BCUT2D eigenvalue weighted by Gasteiger charge is 2.58. The highest BCUT2D eigenvalue weighted by Crippen LogP contribution is 2.62. The zero-order valence-electron chi connectivity index (χ0n) is 21.1. The molecule has 3 heterocycles. The van der Waals surface area contributed by atoms with Crippen molar-refractivity contribution in [2.24, 2.45) is 11.3 Å². The molecule has 186 valence electrons. The van der Waals surface area contributed by atoms with Crippen molar-refractivity contribution < 1.29 is 0 Å². The average molecular weight is 503 g/mol. The van der Waals surface area contributed by atoms with Crippen LogP contribution >= 0.6 is 11.6 Å². The number of anilines is 2. The molecule has 3 aliphatic rings. The van der Waals surface area contributed by atoms with Crippen molar-refractivity contribution in [1.29, 1.82) is 0 Å². The minimum Gasteiger partial charge on any atom is -0.373 e. The topological polar surface area (TPSA) is 93.4 Å². The number of benzene rings is 1. The second kappa shape index (κ2) is 8.40. The summed E-state index contributed by atoms with van der Waals surface area (Å²) in [6.07, 6.45) is 9.10. The van der Waals surface area contributed by atoms with E-state index in [2.05, 4.69) is 79.7 Å². The molecule has 0 aliphatic heterocycles. The molecular weight excluding hydrogens is 472 g/mol. The molecule has 0 saturated heterocycles. The standard InChI is InChI=1S/C27H31ClN8/c1-16-19(6-5-7-29-16)24(22-13-36(35-34-22)27-10-17(11-27)12-27)33-18-8-20-23(21(28)9-18)31-15-32-25(20)30-14-26(2,3)4/h5-9,13,15,17,24,33H,10-12,14H2,1-4H3,(H,30,31,32). The summed E-state index contributed by atoms with van der Waals surface area (Å²) in [7, 11) is 0. The molecule has 0 spiro atoms. The van der Waals surface area contributed by atoms with Gasteiger partial charge in [-0.15, -0.1) is 5.10 Å². The Morgan fingerprint density at radius 3 is 2.67 bits per heavy atom. The van der Waals surface area contributed by atoms with E-state index in [1.807, 2.05) is 25.3 Å². The number of halogens is 1. The first kappa shape index (κ1) is 23.2. The number of rotatable bonds is 7. The van der Waals surface area contributed by atoms with E-state index in [0.717, 1.165) is 51.8 Å². The Morgan fingerprint density at radius 2 is 1.97 bits per heavy atom. The highest BCUT2D eigenvalue weighted by molar-refractivity contribution is 6.35. The lowest BCUT2D eigenvalue weighted by Gasteiger charge is -2.61. The van der Waals surface area contributed by atoms with E-state index < -0.39 is 0 Å². The van der Waals surface area contributed by atoms with Gasteiger partial charge in [-0.2, -0.15) is 0 Å². The van der Waals surface area contributed by atoms with Crippen molar-refractivity contribution in [3.63, 3.8) is 0 Å². The quantitative estimate of drug-likeness (QED) is 0.332. The lowest BCUT2D eigenvalue weighted by atomic mass is 9.50. The third-order valence-corrected chi connectivity index (χ3v) is 7.74. The van der Waals surface area contributed by atoms with E-state index in [1.165, 1.54) is 19.3 Å². The first-order valence-corrected chi connectivity index (χ1v) is 12.9. The first-order chi connectivity index (χ1) is 17.2. The van der Waals surface area contributed by atoms with Gasteiger partial charge < -0.3 is 10.6 Å². The summed E-state index contributed by atoms with van der Waals surface area (Å²) < 4.78 is 2.08. The zero-order chi connectivity index (χ0) is 25.1. The molecule has 3 aliphatic carbocycles. The molecule has 1 aromatic carbocycles. The minimum absolute atomic E-state index is 0.103. The summed E-state index contributed by atoms with van der Waals surface area (Å²) in [6, 6.07) is 7.77. The average Bonchev–Trinajstić information content (AvgIpc) is 3.23. The Kier molecular flexibility index (Phi) is 5.41. The number of nitrogens with one attached hydrogen (secondary N) is 2. The fourth-order valence-electron chi connectivity index (χ4n) is 5.33.